The maximum absolute atomic E-state index is 10.1. The maximum atomic E-state index is 10.1. The summed E-state index contributed by atoms with van der Waals surface area (Å²) in [6.07, 6.45) is 7.22. The Balaban J connectivity index is 2.09. The topological polar surface area (TPSA) is 23.5 Å². The second-order valence-corrected chi connectivity index (χ2v) is 7.51. The standard InChI is InChI=1S/C17H33NO/c1-5-17(3,4)15-10-9-14(19)11-16(15)18(6-2)12-13-7-8-13/h13-16,19H,5-12H2,1-4H3. The van der Waals surface area contributed by atoms with E-state index in [-0.39, 0.29) is 6.10 Å². The van der Waals surface area contributed by atoms with Crippen LogP contribution in [0.3, 0.4) is 0 Å². The van der Waals surface area contributed by atoms with Crippen LogP contribution in [0.2, 0.25) is 0 Å². The summed E-state index contributed by atoms with van der Waals surface area (Å²) in [5.41, 5.74) is 0.405. The van der Waals surface area contributed by atoms with Gasteiger partial charge in [0.1, 0.15) is 0 Å². The van der Waals surface area contributed by atoms with Crippen LogP contribution in [-0.2, 0) is 0 Å². The van der Waals surface area contributed by atoms with Crippen LogP contribution < -0.4 is 0 Å². The summed E-state index contributed by atoms with van der Waals surface area (Å²) in [6.45, 7) is 11.9. The number of hydrogen-bond acceptors (Lipinski definition) is 2. The lowest BCUT2D eigenvalue weighted by Gasteiger charge is -2.48. The van der Waals surface area contributed by atoms with Crippen molar-refractivity contribution in [3.63, 3.8) is 0 Å². The number of hydrogen-bond donors (Lipinski definition) is 1. The minimum Gasteiger partial charge on any atom is -0.393 e. The quantitative estimate of drug-likeness (QED) is 0.793. The molecule has 2 fully saturated rings. The van der Waals surface area contributed by atoms with Gasteiger partial charge in [0.15, 0.2) is 0 Å². The van der Waals surface area contributed by atoms with E-state index in [1.54, 1.807) is 0 Å². The molecule has 2 saturated carbocycles. The highest BCUT2D eigenvalue weighted by atomic mass is 16.3. The predicted molar refractivity (Wildman–Crippen MR) is 81.2 cm³/mol. The van der Waals surface area contributed by atoms with E-state index >= 15 is 0 Å². The highest BCUT2D eigenvalue weighted by Gasteiger charge is 2.41. The van der Waals surface area contributed by atoms with Crippen LogP contribution in [0.25, 0.3) is 0 Å². The van der Waals surface area contributed by atoms with Crippen LogP contribution in [-0.4, -0.2) is 35.2 Å². The minimum atomic E-state index is -0.0674. The van der Waals surface area contributed by atoms with Gasteiger partial charge in [0.05, 0.1) is 6.10 Å². The fourth-order valence-corrected chi connectivity index (χ4v) is 3.83. The second kappa shape index (κ2) is 6.13. The molecule has 0 heterocycles. The minimum absolute atomic E-state index is 0.0674. The molecule has 0 amide bonds. The second-order valence-electron chi connectivity index (χ2n) is 7.51. The average molecular weight is 267 g/mol. The van der Waals surface area contributed by atoms with E-state index in [2.05, 4.69) is 32.6 Å². The molecule has 0 aromatic rings. The molecule has 2 aliphatic carbocycles. The molecule has 2 heteroatoms. The molecule has 19 heavy (non-hydrogen) atoms. The Morgan fingerprint density at radius 1 is 1.11 bits per heavy atom. The van der Waals surface area contributed by atoms with Gasteiger partial charge in [-0.15, -0.1) is 0 Å². The first-order chi connectivity index (χ1) is 8.97. The molecule has 1 N–H and O–H groups in total. The smallest absolute Gasteiger partial charge is 0.0555 e. The summed E-state index contributed by atoms with van der Waals surface area (Å²) in [5.74, 6) is 1.70. The van der Waals surface area contributed by atoms with Gasteiger partial charge in [-0.3, -0.25) is 4.90 Å². The van der Waals surface area contributed by atoms with Crippen molar-refractivity contribution in [2.45, 2.75) is 78.4 Å². The van der Waals surface area contributed by atoms with E-state index in [0.717, 1.165) is 31.2 Å². The van der Waals surface area contributed by atoms with Gasteiger partial charge in [-0.05, 0) is 55.9 Å². The maximum Gasteiger partial charge on any atom is 0.0555 e. The van der Waals surface area contributed by atoms with Crippen LogP contribution in [0, 0.1) is 17.3 Å². The molecule has 0 aromatic heterocycles. The number of aliphatic hydroxyl groups excluding tert-OH is 1. The Morgan fingerprint density at radius 3 is 2.32 bits per heavy atom. The van der Waals surface area contributed by atoms with Crippen LogP contribution in [0.5, 0.6) is 0 Å². The monoisotopic (exact) mass is 267 g/mol. The summed E-state index contributed by atoms with van der Waals surface area (Å²) < 4.78 is 0. The molecule has 3 atom stereocenters. The lowest BCUT2D eigenvalue weighted by molar-refractivity contribution is -0.0180. The van der Waals surface area contributed by atoms with Gasteiger partial charge in [-0.2, -0.15) is 0 Å². The largest absolute Gasteiger partial charge is 0.393 e. The first kappa shape index (κ1) is 15.3. The zero-order valence-electron chi connectivity index (χ0n) is 13.4. The van der Waals surface area contributed by atoms with Crippen LogP contribution >= 0.6 is 0 Å². The fraction of sp³-hybridized carbons (Fsp3) is 1.00. The number of rotatable bonds is 6. The van der Waals surface area contributed by atoms with E-state index in [0.29, 0.717) is 11.5 Å². The van der Waals surface area contributed by atoms with Crippen molar-refractivity contribution in [3.05, 3.63) is 0 Å². The van der Waals surface area contributed by atoms with Gasteiger partial charge in [-0.1, -0.05) is 34.1 Å². The highest BCUT2D eigenvalue weighted by Crippen LogP contribution is 2.43. The summed E-state index contributed by atoms with van der Waals surface area (Å²) >= 11 is 0. The molecule has 3 unspecified atom stereocenters. The van der Waals surface area contributed by atoms with Crippen LogP contribution in [0.1, 0.15) is 66.2 Å². The summed E-state index contributed by atoms with van der Waals surface area (Å²) in [4.78, 5) is 2.68. The van der Waals surface area contributed by atoms with Crippen molar-refractivity contribution in [2.24, 2.45) is 17.3 Å². The Bertz CT molecular complexity index is 285. The van der Waals surface area contributed by atoms with Gasteiger partial charge in [0.25, 0.3) is 0 Å². The van der Waals surface area contributed by atoms with E-state index in [1.807, 2.05) is 0 Å². The van der Waals surface area contributed by atoms with Gasteiger partial charge < -0.3 is 5.11 Å². The molecule has 0 radical (unpaired) electrons. The van der Waals surface area contributed by atoms with Crippen molar-refractivity contribution >= 4 is 0 Å². The van der Waals surface area contributed by atoms with Gasteiger partial charge >= 0.3 is 0 Å². The molecular formula is C17H33NO. The first-order valence-corrected chi connectivity index (χ1v) is 8.40. The zero-order chi connectivity index (χ0) is 14.0. The molecule has 2 rings (SSSR count). The van der Waals surface area contributed by atoms with Crippen molar-refractivity contribution in [1.29, 1.82) is 0 Å². The van der Waals surface area contributed by atoms with Crippen molar-refractivity contribution in [2.75, 3.05) is 13.1 Å². The Kier molecular flexibility index (Phi) is 4.94. The first-order valence-electron chi connectivity index (χ1n) is 8.40. The summed E-state index contributed by atoms with van der Waals surface area (Å²) in [5, 5.41) is 10.1. The van der Waals surface area contributed by atoms with Crippen molar-refractivity contribution in [3.8, 4) is 0 Å². The molecule has 112 valence electrons. The molecule has 0 saturated heterocycles. The van der Waals surface area contributed by atoms with E-state index in [9.17, 15) is 5.11 Å². The van der Waals surface area contributed by atoms with Crippen LogP contribution in [0.15, 0.2) is 0 Å². The Morgan fingerprint density at radius 2 is 1.79 bits per heavy atom. The van der Waals surface area contributed by atoms with Gasteiger partial charge in [0.2, 0.25) is 0 Å². The number of nitrogens with zero attached hydrogens (tertiary/aromatic N) is 1. The lowest BCUT2D eigenvalue weighted by Crippen LogP contribution is -2.50. The lowest BCUT2D eigenvalue weighted by atomic mass is 9.66. The average Bonchev–Trinajstić information content (AvgIpc) is 3.19. The van der Waals surface area contributed by atoms with Gasteiger partial charge in [0, 0.05) is 12.6 Å². The third-order valence-corrected chi connectivity index (χ3v) is 5.77. The Hall–Kier alpha value is -0.0800. The van der Waals surface area contributed by atoms with Crippen molar-refractivity contribution < 1.29 is 5.11 Å². The van der Waals surface area contributed by atoms with Gasteiger partial charge in [-0.25, -0.2) is 0 Å². The molecule has 0 aromatic carbocycles. The van der Waals surface area contributed by atoms with E-state index < -0.39 is 0 Å². The molecule has 0 bridgehead atoms. The third kappa shape index (κ3) is 3.72. The molecule has 2 aliphatic rings. The highest BCUT2D eigenvalue weighted by molar-refractivity contribution is 4.94. The molecular weight excluding hydrogens is 234 g/mol. The third-order valence-electron chi connectivity index (χ3n) is 5.77. The van der Waals surface area contributed by atoms with E-state index in [4.69, 9.17) is 0 Å². The SMILES string of the molecule is CCN(CC1CC1)C1CC(O)CCC1C(C)(C)CC. The van der Waals surface area contributed by atoms with Crippen molar-refractivity contribution in [1.82, 2.24) is 4.90 Å². The van der Waals surface area contributed by atoms with E-state index in [1.165, 1.54) is 32.2 Å². The molecule has 0 spiro atoms. The molecule has 0 aliphatic heterocycles. The fourth-order valence-electron chi connectivity index (χ4n) is 3.83. The number of aliphatic hydroxyl groups is 1. The molecule has 2 nitrogen and oxygen atoms in total. The summed E-state index contributed by atoms with van der Waals surface area (Å²) in [7, 11) is 0. The normalized spacial score (nSPS) is 32.8. The van der Waals surface area contributed by atoms with Crippen LogP contribution in [0.4, 0.5) is 0 Å². The Labute approximate surface area is 119 Å². The summed E-state index contributed by atoms with van der Waals surface area (Å²) in [6, 6.07) is 0.601. The zero-order valence-corrected chi connectivity index (χ0v) is 13.4. The predicted octanol–water partition coefficient (Wildman–Crippen LogP) is 3.68.